The van der Waals surface area contributed by atoms with E-state index in [9.17, 15) is 9.59 Å². The largest absolute Gasteiger partial charge is 0.330 e. The molecule has 0 bridgehead atoms. The fourth-order valence-electron chi connectivity index (χ4n) is 2.61. The normalized spacial score (nSPS) is 12.9. The maximum Gasteiger partial charge on any atom is 0.138 e. The van der Waals surface area contributed by atoms with Crippen LogP contribution in [0.3, 0.4) is 0 Å². The Hall–Kier alpha value is -0.740. The third kappa shape index (κ3) is 16.5. The van der Waals surface area contributed by atoms with Crippen molar-refractivity contribution in [3.05, 3.63) is 0 Å². The second-order valence-corrected chi connectivity index (χ2v) is 7.49. The molecular weight excluding hydrogens is 312 g/mol. The molecule has 0 aliphatic heterocycles. The van der Waals surface area contributed by atoms with Crippen LogP contribution in [0.15, 0.2) is 0 Å². The molecule has 0 aromatic heterocycles. The van der Waals surface area contributed by atoms with Gasteiger partial charge in [-0.15, -0.1) is 0 Å². The molecule has 0 aromatic carbocycles. The maximum absolute atomic E-state index is 11.4. The summed E-state index contributed by atoms with van der Waals surface area (Å²) in [6.07, 6.45) is 6.22. The number of ketones is 2. The predicted molar refractivity (Wildman–Crippen MR) is 111 cm³/mol. The Morgan fingerprint density at radius 3 is 1.12 bits per heavy atom. The summed E-state index contributed by atoms with van der Waals surface area (Å²) in [5, 5.41) is 0. The fraction of sp³-hybridized carbons (Fsp3) is 0.905. The van der Waals surface area contributed by atoms with E-state index in [0.717, 1.165) is 51.6 Å². The molecule has 0 radical (unpaired) electrons. The molecule has 0 aliphatic rings. The van der Waals surface area contributed by atoms with Crippen LogP contribution in [-0.4, -0.2) is 24.7 Å². The standard InChI is InChI=1S/2C10H21NO.CH4/c2*1-8(2)10(12)9(3)6-4-5-7-11;/h2*8-9H,4-7,11H2,1-3H3;1H4/t2*9-;/m10./s1. The van der Waals surface area contributed by atoms with Crippen molar-refractivity contribution >= 4 is 11.6 Å². The number of hydrogen-bond donors (Lipinski definition) is 2. The quantitative estimate of drug-likeness (QED) is 0.500. The second-order valence-electron chi connectivity index (χ2n) is 7.49. The van der Waals surface area contributed by atoms with Crippen LogP contribution >= 0.6 is 0 Å². The molecule has 0 aromatic rings. The van der Waals surface area contributed by atoms with E-state index in [0.29, 0.717) is 11.6 Å². The fourth-order valence-corrected chi connectivity index (χ4v) is 2.61. The van der Waals surface area contributed by atoms with Gasteiger partial charge < -0.3 is 11.5 Å². The van der Waals surface area contributed by atoms with Gasteiger partial charge in [-0.25, -0.2) is 0 Å². The lowest BCUT2D eigenvalue weighted by atomic mass is 9.92. The molecule has 0 fully saturated rings. The first-order valence-electron chi connectivity index (χ1n) is 9.66. The van der Waals surface area contributed by atoms with Crippen LogP contribution in [0.4, 0.5) is 0 Å². The first-order chi connectivity index (χ1) is 11.2. The van der Waals surface area contributed by atoms with Gasteiger partial charge in [-0.3, -0.25) is 9.59 Å². The highest BCUT2D eigenvalue weighted by Crippen LogP contribution is 2.14. The lowest BCUT2D eigenvalue weighted by molar-refractivity contribution is -0.126. The Labute approximate surface area is 157 Å². The van der Waals surface area contributed by atoms with Crippen molar-refractivity contribution < 1.29 is 9.59 Å². The minimum Gasteiger partial charge on any atom is -0.330 e. The molecule has 0 aliphatic carbocycles. The molecule has 0 saturated carbocycles. The van der Waals surface area contributed by atoms with E-state index in [-0.39, 0.29) is 31.1 Å². The van der Waals surface area contributed by atoms with E-state index in [4.69, 9.17) is 11.5 Å². The Morgan fingerprint density at radius 2 is 0.920 bits per heavy atom. The van der Waals surface area contributed by atoms with Gasteiger partial charge in [0.2, 0.25) is 0 Å². The second kappa shape index (κ2) is 18.1. The van der Waals surface area contributed by atoms with Crippen LogP contribution in [0.25, 0.3) is 0 Å². The third-order valence-electron chi connectivity index (χ3n) is 4.29. The van der Waals surface area contributed by atoms with Gasteiger partial charge in [-0.05, 0) is 38.8 Å². The lowest BCUT2D eigenvalue weighted by Crippen LogP contribution is -2.17. The van der Waals surface area contributed by atoms with E-state index >= 15 is 0 Å². The van der Waals surface area contributed by atoms with Gasteiger partial charge >= 0.3 is 0 Å². The SMILES string of the molecule is C.CC(C)C(=O)[C@@H](C)CCCCN.CC(C)C(=O)[C@H](C)CCCCN. The summed E-state index contributed by atoms with van der Waals surface area (Å²) in [5.41, 5.74) is 10.7. The van der Waals surface area contributed by atoms with Crippen molar-refractivity contribution in [2.24, 2.45) is 35.1 Å². The molecule has 4 N–H and O–H groups in total. The summed E-state index contributed by atoms with van der Waals surface area (Å²) >= 11 is 0. The number of carbonyl (C=O) groups is 2. The number of Topliss-reactive ketones (excluding diaryl/α,β-unsaturated/α-hetero) is 2. The highest BCUT2D eigenvalue weighted by Gasteiger charge is 2.15. The van der Waals surface area contributed by atoms with Crippen molar-refractivity contribution in [3.8, 4) is 0 Å². The number of unbranched alkanes of at least 4 members (excludes halogenated alkanes) is 2. The van der Waals surface area contributed by atoms with E-state index in [1.165, 1.54) is 0 Å². The van der Waals surface area contributed by atoms with E-state index in [1.54, 1.807) is 0 Å². The molecule has 0 heterocycles. The van der Waals surface area contributed by atoms with Crippen LogP contribution in [0.5, 0.6) is 0 Å². The Morgan fingerprint density at radius 1 is 0.640 bits per heavy atom. The number of nitrogens with two attached hydrogens (primary N) is 2. The van der Waals surface area contributed by atoms with Crippen molar-refractivity contribution in [3.63, 3.8) is 0 Å². The van der Waals surface area contributed by atoms with Crippen molar-refractivity contribution in [1.82, 2.24) is 0 Å². The Balaban J connectivity index is -0.000000372. The number of carbonyl (C=O) groups excluding carboxylic acids is 2. The zero-order chi connectivity index (χ0) is 19.1. The minimum absolute atomic E-state index is 0. The van der Waals surface area contributed by atoms with Crippen LogP contribution in [0, 0.1) is 23.7 Å². The first-order valence-corrected chi connectivity index (χ1v) is 9.66. The van der Waals surface area contributed by atoms with Crippen LogP contribution < -0.4 is 11.5 Å². The highest BCUT2D eigenvalue weighted by atomic mass is 16.1. The lowest BCUT2D eigenvalue weighted by Gasteiger charge is -2.11. The molecule has 2 atom stereocenters. The zero-order valence-electron chi connectivity index (χ0n) is 16.9. The monoisotopic (exact) mass is 358 g/mol. The molecule has 4 heteroatoms. The predicted octanol–water partition coefficient (Wildman–Crippen LogP) is 4.59. The summed E-state index contributed by atoms with van der Waals surface area (Å²) in [5.74, 6) is 1.56. The van der Waals surface area contributed by atoms with E-state index < -0.39 is 0 Å². The van der Waals surface area contributed by atoms with Crippen LogP contribution in [-0.2, 0) is 9.59 Å². The summed E-state index contributed by atoms with van der Waals surface area (Å²) in [4.78, 5) is 22.8. The van der Waals surface area contributed by atoms with Crippen molar-refractivity contribution in [1.29, 1.82) is 0 Å². The van der Waals surface area contributed by atoms with E-state index in [1.807, 2.05) is 41.5 Å². The minimum atomic E-state index is 0. The molecule has 0 saturated heterocycles. The Kier molecular flexibility index (Phi) is 21.0. The molecule has 0 unspecified atom stereocenters. The molecule has 0 amide bonds. The maximum atomic E-state index is 11.4. The first kappa shape index (κ1) is 29.0. The topological polar surface area (TPSA) is 86.2 Å². The number of rotatable bonds is 12. The van der Waals surface area contributed by atoms with Gasteiger partial charge in [0, 0.05) is 23.7 Å². The summed E-state index contributed by atoms with van der Waals surface area (Å²) in [7, 11) is 0. The summed E-state index contributed by atoms with van der Waals surface area (Å²) < 4.78 is 0. The summed E-state index contributed by atoms with van der Waals surface area (Å²) in [6, 6.07) is 0. The van der Waals surface area contributed by atoms with Gasteiger partial charge in [0.25, 0.3) is 0 Å². The van der Waals surface area contributed by atoms with Crippen LogP contribution in [0.1, 0.15) is 87.5 Å². The number of hydrogen-bond acceptors (Lipinski definition) is 4. The highest BCUT2D eigenvalue weighted by molar-refractivity contribution is 5.82. The van der Waals surface area contributed by atoms with Crippen LogP contribution in [0.2, 0.25) is 0 Å². The smallest absolute Gasteiger partial charge is 0.138 e. The molecular formula is C21H46N2O2. The average Bonchev–Trinajstić information content (AvgIpc) is 2.53. The average molecular weight is 359 g/mol. The Bertz CT molecular complexity index is 296. The van der Waals surface area contributed by atoms with Gasteiger partial charge in [-0.1, -0.05) is 61.8 Å². The third-order valence-corrected chi connectivity index (χ3v) is 4.29. The molecule has 0 rings (SSSR count). The van der Waals surface area contributed by atoms with Crippen molar-refractivity contribution in [2.75, 3.05) is 13.1 Å². The molecule has 4 nitrogen and oxygen atoms in total. The van der Waals surface area contributed by atoms with Gasteiger partial charge in [0.1, 0.15) is 11.6 Å². The zero-order valence-corrected chi connectivity index (χ0v) is 16.9. The van der Waals surface area contributed by atoms with Gasteiger partial charge in [-0.2, -0.15) is 0 Å². The molecule has 25 heavy (non-hydrogen) atoms. The van der Waals surface area contributed by atoms with Gasteiger partial charge in [0.05, 0.1) is 0 Å². The summed E-state index contributed by atoms with van der Waals surface area (Å²) in [6.45, 7) is 13.3. The van der Waals surface area contributed by atoms with Gasteiger partial charge in [0.15, 0.2) is 0 Å². The molecule has 152 valence electrons. The van der Waals surface area contributed by atoms with E-state index in [2.05, 4.69) is 0 Å². The van der Waals surface area contributed by atoms with Crippen molar-refractivity contribution in [2.45, 2.75) is 87.5 Å². The molecule has 0 spiro atoms.